The van der Waals surface area contributed by atoms with Crippen LogP contribution in [0.2, 0.25) is 0 Å². The van der Waals surface area contributed by atoms with Crippen LogP contribution in [0.1, 0.15) is 20.7 Å². The molecule has 2 heterocycles. The molecule has 1 aliphatic heterocycles. The van der Waals surface area contributed by atoms with Crippen molar-refractivity contribution in [1.82, 2.24) is 14.7 Å². The quantitative estimate of drug-likeness (QED) is 0.444. The molecule has 2 amide bonds. The van der Waals surface area contributed by atoms with Crippen molar-refractivity contribution >= 4 is 51.1 Å². The Morgan fingerprint density at radius 3 is 2.31 bits per heavy atom. The zero-order valence-electron chi connectivity index (χ0n) is 14.4. The minimum atomic E-state index is -0.316. The second-order valence-electron chi connectivity index (χ2n) is 6.50. The summed E-state index contributed by atoms with van der Waals surface area (Å²) in [6, 6.07) is 12.9. The Labute approximate surface area is 164 Å². The van der Waals surface area contributed by atoms with Crippen LogP contribution in [0.4, 0.5) is 5.82 Å². The molecule has 3 aromatic rings. The molecular weight excluding hydrogens is 443 g/mol. The number of imide groups is 1. The van der Waals surface area contributed by atoms with Crippen molar-refractivity contribution in [1.29, 1.82) is 0 Å². The van der Waals surface area contributed by atoms with Gasteiger partial charge in [-0.25, -0.2) is 4.90 Å². The summed E-state index contributed by atoms with van der Waals surface area (Å²) in [6.45, 7) is 1.48. The number of carbonyl (C=O) groups excluding carboxylic acids is 2. The summed E-state index contributed by atoms with van der Waals surface area (Å²) in [5, 5.41) is 5.45. The lowest BCUT2D eigenvalue weighted by Gasteiger charge is -2.11. The Morgan fingerprint density at radius 1 is 1.04 bits per heavy atom. The highest BCUT2D eigenvalue weighted by atomic mass is 127. The lowest BCUT2D eigenvalue weighted by Crippen LogP contribution is -2.30. The van der Waals surface area contributed by atoms with E-state index in [4.69, 9.17) is 0 Å². The summed E-state index contributed by atoms with van der Waals surface area (Å²) in [6.07, 6.45) is 0. The number of anilines is 1. The number of halogens is 1. The van der Waals surface area contributed by atoms with Crippen LogP contribution >= 0.6 is 22.6 Å². The third-order valence-corrected chi connectivity index (χ3v) is 5.13. The minimum Gasteiger partial charge on any atom is -0.308 e. The van der Waals surface area contributed by atoms with E-state index in [9.17, 15) is 9.59 Å². The first-order chi connectivity index (χ1) is 12.5. The topological polar surface area (TPSA) is 58.4 Å². The molecule has 1 aliphatic rings. The van der Waals surface area contributed by atoms with Crippen molar-refractivity contribution in [3.8, 4) is 0 Å². The zero-order valence-corrected chi connectivity index (χ0v) is 16.6. The highest BCUT2D eigenvalue weighted by Crippen LogP contribution is 2.33. The predicted octanol–water partition coefficient (Wildman–Crippen LogP) is 3.00. The van der Waals surface area contributed by atoms with Crippen molar-refractivity contribution in [2.24, 2.45) is 0 Å². The molecule has 0 radical (unpaired) electrons. The number of rotatable bonds is 4. The van der Waals surface area contributed by atoms with Gasteiger partial charge >= 0.3 is 0 Å². The van der Waals surface area contributed by atoms with Crippen molar-refractivity contribution in [3.63, 3.8) is 0 Å². The highest BCUT2D eigenvalue weighted by Gasteiger charge is 2.38. The molecule has 0 aliphatic carbocycles. The zero-order chi connectivity index (χ0) is 18.4. The molecule has 4 rings (SSSR count). The number of hydrogen-bond donors (Lipinski definition) is 0. The smallest absolute Gasteiger partial charge is 0.267 e. The van der Waals surface area contributed by atoms with Gasteiger partial charge in [0.05, 0.1) is 23.2 Å². The summed E-state index contributed by atoms with van der Waals surface area (Å²) in [7, 11) is 4.00. The molecule has 0 N–H and O–H groups in total. The number of benzene rings is 2. The molecule has 2 aromatic carbocycles. The first-order valence-corrected chi connectivity index (χ1v) is 9.34. The number of amides is 2. The molecule has 0 saturated carbocycles. The summed E-state index contributed by atoms with van der Waals surface area (Å²) in [4.78, 5) is 29.0. The number of hydrogen-bond acceptors (Lipinski definition) is 4. The van der Waals surface area contributed by atoms with E-state index in [2.05, 4.69) is 32.6 Å². The van der Waals surface area contributed by atoms with Crippen molar-refractivity contribution in [3.05, 3.63) is 57.2 Å². The summed E-state index contributed by atoms with van der Waals surface area (Å²) in [5.74, 6) is -0.226. The minimum absolute atomic E-state index is 0.316. The summed E-state index contributed by atoms with van der Waals surface area (Å²) >= 11 is 2.23. The standard InChI is InChI=1S/C19H17IN4O2/c1-22(2)9-10-23-16-8-7-12(20)11-15(16)17(21-23)24-18(25)13-5-3-4-6-14(13)19(24)26/h3-8,11H,9-10H2,1-2H3. The average Bonchev–Trinajstić information content (AvgIpc) is 3.09. The Morgan fingerprint density at radius 2 is 1.69 bits per heavy atom. The fourth-order valence-corrected chi connectivity index (χ4v) is 3.64. The molecule has 132 valence electrons. The molecule has 6 nitrogen and oxygen atoms in total. The fraction of sp³-hybridized carbons (Fsp3) is 0.211. The Balaban J connectivity index is 1.86. The molecule has 0 spiro atoms. The normalized spacial score (nSPS) is 13.9. The molecule has 0 fully saturated rings. The fourth-order valence-electron chi connectivity index (χ4n) is 3.15. The van der Waals surface area contributed by atoms with Gasteiger partial charge in [0.2, 0.25) is 0 Å². The van der Waals surface area contributed by atoms with Crippen LogP contribution in [0.3, 0.4) is 0 Å². The maximum atomic E-state index is 12.9. The maximum absolute atomic E-state index is 12.9. The van der Waals surface area contributed by atoms with Crippen LogP contribution in [0, 0.1) is 3.57 Å². The first-order valence-electron chi connectivity index (χ1n) is 8.26. The first kappa shape index (κ1) is 17.2. The van der Waals surface area contributed by atoms with Crippen LogP contribution in [-0.4, -0.2) is 47.1 Å². The molecule has 1 aromatic heterocycles. The molecule has 7 heteroatoms. The van der Waals surface area contributed by atoms with Crippen LogP contribution < -0.4 is 4.90 Å². The second-order valence-corrected chi connectivity index (χ2v) is 7.75. The van der Waals surface area contributed by atoms with E-state index < -0.39 is 0 Å². The third kappa shape index (κ3) is 2.71. The highest BCUT2D eigenvalue weighted by molar-refractivity contribution is 14.1. The van der Waals surface area contributed by atoms with Gasteiger partial charge in [-0.15, -0.1) is 0 Å². The van der Waals surface area contributed by atoms with E-state index in [-0.39, 0.29) is 11.8 Å². The SMILES string of the molecule is CN(C)CCn1nc(N2C(=O)c3ccccc3C2=O)c2cc(I)ccc21. The Kier molecular flexibility index (Phi) is 4.28. The largest absolute Gasteiger partial charge is 0.308 e. The van der Waals surface area contributed by atoms with E-state index in [0.717, 1.165) is 21.0 Å². The van der Waals surface area contributed by atoms with Crippen LogP contribution in [0.25, 0.3) is 10.9 Å². The summed E-state index contributed by atoms with van der Waals surface area (Å²) in [5.41, 5.74) is 1.78. The third-order valence-electron chi connectivity index (χ3n) is 4.46. The van der Waals surface area contributed by atoms with E-state index in [0.29, 0.717) is 23.5 Å². The number of carbonyl (C=O) groups is 2. The van der Waals surface area contributed by atoms with E-state index >= 15 is 0 Å². The van der Waals surface area contributed by atoms with Gasteiger partial charge in [0.15, 0.2) is 5.82 Å². The monoisotopic (exact) mass is 460 g/mol. The van der Waals surface area contributed by atoms with Crippen molar-refractivity contribution < 1.29 is 9.59 Å². The average molecular weight is 460 g/mol. The second kappa shape index (κ2) is 6.48. The molecule has 0 unspecified atom stereocenters. The van der Waals surface area contributed by atoms with Gasteiger partial charge in [-0.05, 0) is 67.0 Å². The number of likely N-dealkylation sites (N-methyl/N-ethyl adjacent to an activating group) is 1. The molecular formula is C19H17IN4O2. The van der Waals surface area contributed by atoms with Crippen LogP contribution in [-0.2, 0) is 6.54 Å². The van der Waals surface area contributed by atoms with E-state index in [1.165, 1.54) is 4.90 Å². The van der Waals surface area contributed by atoms with Crippen LogP contribution in [0.15, 0.2) is 42.5 Å². The van der Waals surface area contributed by atoms with Gasteiger partial charge in [0.1, 0.15) is 0 Å². The van der Waals surface area contributed by atoms with E-state index in [1.807, 2.05) is 37.0 Å². The molecule has 0 saturated heterocycles. The van der Waals surface area contributed by atoms with Crippen molar-refractivity contribution in [2.45, 2.75) is 6.54 Å². The van der Waals surface area contributed by atoms with Gasteiger partial charge < -0.3 is 4.90 Å². The maximum Gasteiger partial charge on any atom is 0.267 e. The Hall–Kier alpha value is -2.26. The van der Waals surface area contributed by atoms with Gasteiger partial charge in [-0.2, -0.15) is 5.10 Å². The van der Waals surface area contributed by atoms with Gasteiger partial charge in [-0.1, -0.05) is 12.1 Å². The Bertz CT molecular complexity index is 1010. The van der Waals surface area contributed by atoms with Crippen molar-refractivity contribution in [2.75, 3.05) is 25.5 Å². The lowest BCUT2D eigenvalue weighted by atomic mass is 10.1. The molecule has 26 heavy (non-hydrogen) atoms. The van der Waals surface area contributed by atoms with Crippen LogP contribution in [0.5, 0.6) is 0 Å². The molecule has 0 atom stereocenters. The summed E-state index contributed by atoms with van der Waals surface area (Å²) < 4.78 is 2.89. The van der Waals surface area contributed by atoms with Gasteiger partial charge in [0.25, 0.3) is 11.8 Å². The number of fused-ring (bicyclic) bond motifs is 2. The van der Waals surface area contributed by atoms with E-state index in [1.54, 1.807) is 24.3 Å². The number of nitrogens with zero attached hydrogens (tertiary/aromatic N) is 4. The number of aromatic nitrogens is 2. The molecule has 0 bridgehead atoms. The lowest BCUT2D eigenvalue weighted by molar-refractivity contribution is 0.0925. The van der Waals surface area contributed by atoms with Gasteiger partial charge in [0, 0.05) is 15.5 Å². The predicted molar refractivity (Wildman–Crippen MR) is 109 cm³/mol. The van der Waals surface area contributed by atoms with Gasteiger partial charge in [-0.3, -0.25) is 14.3 Å².